The van der Waals surface area contributed by atoms with Crippen LogP contribution in [-0.2, 0) is 4.79 Å². The summed E-state index contributed by atoms with van der Waals surface area (Å²) in [6, 6.07) is 22.5. The summed E-state index contributed by atoms with van der Waals surface area (Å²) in [5.41, 5.74) is 1.58. The van der Waals surface area contributed by atoms with Crippen LogP contribution in [0.25, 0.3) is 6.08 Å². The number of carbonyl (C=O) groups is 1. The first kappa shape index (κ1) is 24.6. The molecule has 8 heteroatoms. The molecule has 35 heavy (non-hydrogen) atoms. The fourth-order valence-electron chi connectivity index (χ4n) is 3.47. The van der Waals surface area contributed by atoms with Gasteiger partial charge in [-0.3, -0.25) is 9.69 Å². The summed E-state index contributed by atoms with van der Waals surface area (Å²) in [5, 5.41) is 0. The molecule has 0 N–H and O–H groups in total. The zero-order chi connectivity index (χ0) is 24.6. The molecule has 3 aromatic rings. The molecular formula is C27H25NO5S2. The van der Waals surface area contributed by atoms with E-state index in [-0.39, 0.29) is 5.91 Å². The van der Waals surface area contributed by atoms with Gasteiger partial charge in [0.1, 0.15) is 0 Å². The Morgan fingerprint density at radius 1 is 0.829 bits per heavy atom. The van der Waals surface area contributed by atoms with Crippen molar-refractivity contribution in [3.63, 3.8) is 0 Å². The normalized spacial score (nSPS) is 14.3. The van der Waals surface area contributed by atoms with Gasteiger partial charge in [-0.15, -0.1) is 0 Å². The summed E-state index contributed by atoms with van der Waals surface area (Å²) in [6.07, 6.45) is 2.50. The second-order valence-electron chi connectivity index (χ2n) is 7.46. The second-order valence-corrected chi connectivity index (χ2v) is 9.14. The van der Waals surface area contributed by atoms with E-state index in [1.165, 1.54) is 11.8 Å². The number of carbonyl (C=O) groups excluding carboxylic acids is 1. The minimum Gasteiger partial charge on any atom is -0.493 e. The third-order valence-corrected chi connectivity index (χ3v) is 6.47. The maximum Gasteiger partial charge on any atom is 0.270 e. The molecular weight excluding hydrogens is 482 g/mol. The maximum atomic E-state index is 13.0. The van der Waals surface area contributed by atoms with E-state index in [4.69, 9.17) is 31.2 Å². The van der Waals surface area contributed by atoms with E-state index >= 15 is 0 Å². The first-order valence-electron chi connectivity index (χ1n) is 11.0. The molecule has 1 aliphatic heterocycles. The quantitative estimate of drug-likeness (QED) is 0.191. The predicted molar refractivity (Wildman–Crippen MR) is 144 cm³/mol. The lowest BCUT2D eigenvalue weighted by Crippen LogP contribution is -2.27. The molecule has 1 aliphatic rings. The van der Waals surface area contributed by atoms with Crippen molar-refractivity contribution in [3.8, 4) is 23.0 Å². The lowest BCUT2D eigenvalue weighted by Gasteiger charge is -2.14. The monoisotopic (exact) mass is 507 g/mol. The number of nitrogens with zero attached hydrogens (tertiary/aromatic N) is 1. The van der Waals surface area contributed by atoms with Gasteiger partial charge in [-0.05, 0) is 48.0 Å². The van der Waals surface area contributed by atoms with Crippen molar-refractivity contribution < 1.29 is 23.7 Å². The van der Waals surface area contributed by atoms with E-state index in [9.17, 15) is 4.79 Å². The number of thioether (sulfide) groups is 1. The Labute approximate surface area is 214 Å². The van der Waals surface area contributed by atoms with Gasteiger partial charge in [0.2, 0.25) is 0 Å². The number of anilines is 1. The SMILES string of the molecule is COc1ccccc1OCCCOc1ccc(C=C2SC(=S)N(c3ccccc3)C2=O)cc1OC. The standard InChI is InChI=1S/C27H25NO5S2/c1-30-21-11-6-7-12-22(21)32-15-8-16-33-23-14-13-19(17-24(23)31-2)18-25-26(29)28(27(34)35-25)20-9-4-3-5-10-20/h3-7,9-14,17-18H,8,15-16H2,1-2H3. The van der Waals surface area contributed by atoms with Gasteiger partial charge in [-0.25, -0.2) is 0 Å². The van der Waals surface area contributed by atoms with Crippen LogP contribution in [0.3, 0.4) is 0 Å². The van der Waals surface area contributed by atoms with Crippen LogP contribution in [0.5, 0.6) is 23.0 Å². The van der Waals surface area contributed by atoms with Crippen molar-refractivity contribution in [3.05, 3.63) is 83.3 Å². The molecule has 1 fully saturated rings. The third kappa shape index (κ3) is 5.96. The van der Waals surface area contributed by atoms with Gasteiger partial charge in [-0.2, -0.15) is 0 Å². The summed E-state index contributed by atoms with van der Waals surface area (Å²) >= 11 is 6.73. The van der Waals surface area contributed by atoms with Gasteiger partial charge in [0.25, 0.3) is 5.91 Å². The Bertz CT molecular complexity index is 1230. The van der Waals surface area contributed by atoms with Gasteiger partial charge in [0.05, 0.1) is 38.0 Å². The van der Waals surface area contributed by atoms with Gasteiger partial charge in [0, 0.05) is 6.42 Å². The highest BCUT2D eigenvalue weighted by Crippen LogP contribution is 2.37. The molecule has 1 amide bonds. The molecule has 1 saturated heterocycles. The highest BCUT2D eigenvalue weighted by Gasteiger charge is 2.33. The highest BCUT2D eigenvalue weighted by molar-refractivity contribution is 8.27. The number of thiocarbonyl (C=S) groups is 1. The molecule has 0 unspecified atom stereocenters. The van der Waals surface area contributed by atoms with E-state index in [1.807, 2.05) is 78.9 Å². The largest absolute Gasteiger partial charge is 0.493 e. The zero-order valence-corrected chi connectivity index (χ0v) is 21.1. The lowest BCUT2D eigenvalue weighted by atomic mass is 10.2. The number of amides is 1. The van der Waals surface area contributed by atoms with Crippen molar-refractivity contribution in [1.29, 1.82) is 0 Å². The van der Waals surface area contributed by atoms with Crippen LogP contribution in [0, 0.1) is 0 Å². The number of para-hydroxylation sites is 3. The van der Waals surface area contributed by atoms with Crippen LogP contribution in [0.2, 0.25) is 0 Å². The van der Waals surface area contributed by atoms with E-state index in [1.54, 1.807) is 19.1 Å². The van der Waals surface area contributed by atoms with Crippen molar-refractivity contribution in [2.45, 2.75) is 6.42 Å². The molecule has 0 radical (unpaired) electrons. The number of methoxy groups -OCH3 is 2. The van der Waals surface area contributed by atoms with Crippen LogP contribution in [-0.4, -0.2) is 37.7 Å². The second kappa shape index (κ2) is 11.8. The van der Waals surface area contributed by atoms with Crippen LogP contribution >= 0.6 is 24.0 Å². The van der Waals surface area contributed by atoms with E-state index in [0.717, 1.165) is 11.3 Å². The smallest absolute Gasteiger partial charge is 0.270 e. The number of hydrogen-bond acceptors (Lipinski definition) is 7. The molecule has 0 atom stereocenters. The lowest BCUT2D eigenvalue weighted by molar-refractivity contribution is -0.113. The summed E-state index contributed by atoms with van der Waals surface area (Å²) in [4.78, 5) is 15.1. The molecule has 0 bridgehead atoms. The number of hydrogen-bond donors (Lipinski definition) is 0. The molecule has 6 nitrogen and oxygen atoms in total. The van der Waals surface area contributed by atoms with Crippen molar-refractivity contribution >= 4 is 46.0 Å². The van der Waals surface area contributed by atoms with E-state index in [2.05, 4.69) is 0 Å². The maximum absolute atomic E-state index is 13.0. The molecule has 4 rings (SSSR count). The minimum absolute atomic E-state index is 0.138. The molecule has 1 heterocycles. The summed E-state index contributed by atoms with van der Waals surface area (Å²) in [7, 11) is 3.21. The van der Waals surface area contributed by atoms with E-state index in [0.29, 0.717) is 51.9 Å². The zero-order valence-electron chi connectivity index (χ0n) is 19.4. The van der Waals surface area contributed by atoms with Crippen molar-refractivity contribution in [2.75, 3.05) is 32.3 Å². The average Bonchev–Trinajstić information content (AvgIpc) is 3.17. The first-order chi connectivity index (χ1) is 17.1. The highest BCUT2D eigenvalue weighted by atomic mass is 32.2. The molecule has 0 aromatic heterocycles. The predicted octanol–water partition coefficient (Wildman–Crippen LogP) is 5.96. The van der Waals surface area contributed by atoms with Crippen molar-refractivity contribution in [1.82, 2.24) is 0 Å². The number of benzene rings is 3. The fourth-order valence-corrected chi connectivity index (χ4v) is 4.77. The van der Waals surface area contributed by atoms with Gasteiger partial charge in [0.15, 0.2) is 27.3 Å². The molecule has 3 aromatic carbocycles. The summed E-state index contributed by atoms with van der Waals surface area (Å²) in [6.45, 7) is 0.949. The van der Waals surface area contributed by atoms with Crippen molar-refractivity contribution in [2.24, 2.45) is 0 Å². The average molecular weight is 508 g/mol. The summed E-state index contributed by atoms with van der Waals surface area (Å²) < 4.78 is 23.0. The van der Waals surface area contributed by atoms with E-state index < -0.39 is 0 Å². The van der Waals surface area contributed by atoms with Crippen LogP contribution in [0.15, 0.2) is 77.7 Å². The Hall–Kier alpha value is -3.49. The Kier molecular flexibility index (Phi) is 8.28. The number of rotatable bonds is 10. The molecule has 0 spiro atoms. The van der Waals surface area contributed by atoms with Crippen LogP contribution < -0.4 is 23.8 Å². The Morgan fingerprint density at radius 3 is 2.14 bits per heavy atom. The van der Waals surface area contributed by atoms with Gasteiger partial charge < -0.3 is 18.9 Å². The number of ether oxygens (including phenoxy) is 4. The summed E-state index contributed by atoms with van der Waals surface area (Å²) in [5.74, 6) is 2.48. The molecule has 0 aliphatic carbocycles. The Morgan fingerprint density at radius 2 is 1.46 bits per heavy atom. The molecule has 0 saturated carbocycles. The van der Waals surface area contributed by atoms with Gasteiger partial charge >= 0.3 is 0 Å². The third-order valence-electron chi connectivity index (χ3n) is 5.17. The topological polar surface area (TPSA) is 57.2 Å². The van der Waals surface area contributed by atoms with Gasteiger partial charge in [-0.1, -0.05) is 60.4 Å². The molecule has 180 valence electrons. The minimum atomic E-state index is -0.138. The fraction of sp³-hybridized carbons (Fsp3) is 0.185. The van der Waals surface area contributed by atoms with Crippen LogP contribution in [0.1, 0.15) is 12.0 Å². The Balaban J connectivity index is 1.36. The van der Waals surface area contributed by atoms with Crippen LogP contribution in [0.4, 0.5) is 5.69 Å². The first-order valence-corrected chi connectivity index (χ1v) is 12.2.